The van der Waals surface area contributed by atoms with Gasteiger partial charge < -0.3 is 20.5 Å². The van der Waals surface area contributed by atoms with Crippen molar-refractivity contribution in [2.75, 3.05) is 23.3 Å². The zero-order valence-corrected chi connectivity index (χ0v) is 24.1. The average molecular weight is 604 g/mol. The molecule has 0 unspecified atom stereocenters. The van der Waals surface area contributed by atoms with Crippen LogP contribution in [0.15, 0.2) is 95.9 Å². The second kappa shape index (κ2) is 12.5. The number of halogens is 1. The van der Waals surface area contributed by atoms with Gasteiger partial charge in [-0.15, -0.1) is 0 Å². The van der Waals surface area contributed by atoms with Crippen LogP contribution >= 0.6 is 0 Å². The Kier molecular flexibility index (Phi) is 8.63. The number of sulfonamides is 1. The first-order valence-electron chi connectivity index (χ1n) is 13.6. The van der Waals surface area contributed by atoms with E-state index in [0.29, 0.717) is 28.3 Å². The molecule has 0 saturated heterocycles. The number of para-hydroxylation sites is 2. The maximum atomic E-state index is 14.0. The molecule has 1 heterocycles. The maximum absolute atomic E-state index is 14.0. The van der Waals surface area contributed by atoms with Crippen molar-refractivity contribution in [3.05, 3.63) is 108 Å². The number of fused-ring (bicyclic) bond motifs is 1. The van der Waals surface area contributed by atoms with Crippen LogP contribution in [0.2, 0.25) is 0 Å². The first-order valence-corrected chi connectivity index (χ1v) is 15.0. The molecular weight excluding hydrogens is 573 g/mol. The van der Waals surface area contributed by atoms with Crippen LogP contribution in [0, 0.1) is 5.82 Å². The molecule has 4 aromatic rings. The predicted octanol–water partition coefficient (Wildman–Crippen LogP) is 4.82. The number of carbonyl (C=O) groups is 2. The Morgan fingerprint density at radius 2 is 1.72 bits per heavy atom. The number of anilines is 2. The number of ether oxygens (including phenoxy) is 1. The summed E-state index contributed by atoms with van der Waals surface area (Å²) >= 11 is 0. The molecule has 43 heavy (non-hydrogen) atoms. The first-order chi connectivity index (χ1) is 20.7. The molecule has 0 aromatic heterocycles. The van der Waals surface area contributed by atoms with E-state index in [-0.39, 0.29) is 30.8 Å². The third-order valence-corrected chi connectivity index (χ3v) is 9.08. The number of hydrogen-bond acceptors (Lipinski definition) is 6. The molecule has 0 aliphatic carbocycles. The molecule has 1 atom stereocenters. The standard InChI is InChI=1S/C32H30FN3O6S/c1-42-30-19-24(33)12-15-26(30)21-10-13-25(14-11-21)43(40,41)36-28-9-5-3-6-22(28)18-29(36)32(39)35-20-23-7-2-4-8-27(23)34-17-16-31(37)38/h2-15,19,29,34H,16-18,20H2,1H3,(H,35,39)(H,37,38)/t29-/m0/s1. The third-order valence-electron chi connectivity index (χ3n) is 7.24. The van der Waals surface area contributed by atoms with E-state index in [1.807, 2.05) is 0 Å². The van der Waals surface area contributed by atoms with Crippen LogP contribution in [0.5, 0.6) is 5.75 Å². The molecule has 0 radical (unpaired) electrons. The van der Waals surface area contributed by atoms with E-state index in [1.165, 1.54) is 35.7 Å². The maximum Gasteiger partial charge on any atom is 0.305 e. The molecule has 0 saturated carbocycles. The fraction of sp³-hybridized carbons (Fsp3) is 0.188. The molecule has 3 N–H and O–H groups in total. The Bertz CT molecular complexity index is 1760. The first kappa shape index (κ1) is 29.6. The van der Waals surface area contributed by atoms with Crippen LogP contribution in [-0.4, -0.2) is 45.1 Å². The van der Waals surface area contributed by atoms with Crippen LogP contribution in [-0.2, 0) is 32.6 Å². The minimum absolute atomic E-state index is 0.000178. The second-order valence-corrected chi connectivity index (χ2v) is 11.8. The molecule has 11 heteroatoms. The van der Waals surface area contributed by atoms with E-state index >= 15 is 0 Å². The molecule has 1 aliphatic heterocycles. The van der Waals surface area contributed by atoms with Gasteiger partial charge in [-0.2, -0.15) is 0 Å². The minimum atomic E-state index is -4.17. The second-order valence-electron chi connectivity index (χ2n) is 9.96. The Hall–Kier alpha value is -4.90. The van der Waals surface area contributed by atoms with Crippen molar-refractivity contribution in [1.29, 1.82) is 0 Å². The van der Waals surface area contributed by atoms with Crippen molar-refractivity contribution in [2.45, 2.75) is 30.3 Å². The van der Waals surface area contributed by atoms with E-state index in [0.717, 1.165) is 11.1 Å². The average Bonchev–Trinajstić information content (AvgIpc) is 3.41. The van der Waals surface area contributed by atoms with E-state index in [2.05, 4.69) is 10.6 Å². The van der Waals surface area contributed by atoms with Gasteiger partial charge >= 0.3 is 5.97 Å². The van der Waals surface area contributed by atoms with Crippen molar-refractivity contribution in [2.24, 2.45) is 0 Å². The highest BCUT2D eigenvalue weighted by molar-refractivity contribution is 7.93. The minimum Gasteiger partial charge on any atom is -0.496 e. The molecule has 1 aliphatic rings. The summed E-state index contributed by atoms with van der Waals surface area (Å²) in [5.41, 5.74) is 3.83. The summed E-state index contributed by atoms with van der Waals surface area (Å²) < 4.78 is 48.2. The lowest BCUT2D eigenvalue weighted by Crippen LogP contribution is -2.47. The summed E-state index contributed by atoms with van der Waals surface area (Å²) in [6.45, 7) is 0.334. The number of carbonyl (C=O) groups excluding carboxylic acids is 1. The SMILES string of the molecule is COc1cc(F)ccc1-c1ccc(S(=O)(=O)N2c3ccccc3C[C@H]2C(=O)NCc2ccccc2NCCC(=O)O)cc1. The van der Waals surface area contributed by atoms with Gasteiger partial charge in [-0.3, -0.25) is 13.9 Å². The van der Waals surface area contributed by atoms with E-state index in [4.69, 9.17) is 9.84 Å². The summed E-state index contributed by atoms with van der Waals surface area (Å²) in [6.07, 6.45) is 0.136. The van der Waals surface area contributed by atoms with Gasteiger partial charge in [-0.05, 0) is 53.1 Å². The van der Waals surface area contributed by atoms with Gasteiger partial charge in [0.05, 0.1) is 24.1 Å². The highest BCUT2D eigenvalue weighted by Gasteiger charge is 2.42. The summed E-state index contributed by atoms with van der Waals surface area (Å²) in [7, 11) is -2.73. The Labute approximate surface area is 249 Å². The lowest BCUT2D eigenvalue weighted by molar-refractivity contribution is -0.136. The number of aliphatic carboxylic acids is 1. The Morgan fingerprint density at radius 3 is 2.47 bits per heavy atom. The van der Waals surface area contributed by atoms with Crippen molar-refractivity contribution < 1.29 is 32.2 Å². The lowest BCUT2D eigenvalue weighted by Gasteiger charge is -2.26. The van der Waals surface area contributed by atoms with Crippen LogP contribution in [0.4, 0.5) is 15.8 Å². The van der Waals surface area contributed by atoms with E-state index < -0.39 is 33.8 Å². The molecule has 1 amide bonds. The molecule has 9 nitrogen and oxygen atoms in total. The van der Waals surface area contributed by atoms with Crippen molar-refractivity contribution >= 4 is 33.3 Å². The van der Waals surface area contributed by atoms with Crippen molar-refractivity contribution in [1.82, 2.24) is 5.32 Å². The number of methoxy groups -OCH3 is 1. The largest absolute Gasteiger partial charge is 0.496 e. The predicted molar refractivity (Wildman–Crippen MR) is 161 cm³/mol. The van der Waals surface area contributed by atoms with Crippen LogP contribution < -0.4 is 19.7 Å². The number of carboxylic acid groups (broad SMARTS) is 1. The smallest absolute Gasteiger partial charge is 0.305 e. The summed E-state index contributed by atoms with van der Waals surface area (Å²) in [5.74, 6) is -1.52. The summed E-state index contributed by atoms with van der Waals surface area (Å²) in [4.78, 5) is 24.5. The molecule has 0 fully saturated rings. The molecule has 0 spiro atoms. The van der Waals surface area contributed by atoms with Crippen molar-refractivity contribution in [3.8, 4) is 16.9 Å². The van der Waals surface area contributed by atoms with Crippen LogP contribution in [0.25, 0.3) is 11.1 Å². The Balaban J connectivity index is 1.39. The zero-order valence-electron chi connectivity index (χ0n) is 23.3. The van der Waals surface area contributed by atoms with Gasteiger partial charge in [0.1, 0.15) is 17.6 Å². The van der Waals surface area contributed by atoms with Gasteiger partial charge in [0.25, 0.3) is 10.0 Å². The third kappa shape index (κ3) is 6.31. The van der Waals surface area contributed by atoms with Gasteiger partial charge in [0, 0.05) is 36.8 Å². The molecular formula is C32H30FN3O6S. The van der Waals surface area contributed by atoms with Gasteiger partial charge in [-0.25, -0.2) is 12.8 Å². The quantitative estimate of drug-likeness (QED) is 0.224. The van der Waals surface area contributed by atoms with Crippen molar-refractivity contribution in [3.63, 3.8) is 0 Å². The summed E-state index contributed by atoms with van der Waals surface area (Å²) in [5, 5.41) is 14.9. The number of rotatable bonds is 11. The Morgan fingerprint density at radius 1 is 1.00 bits per heavy atom. The number of amides is 1. The highest BCUT2D eigenvalue weighted by Crippen LogP contribution is 2.38. The van der Waals surface area contributed by atoms with E-state index in [9.17, 15) is 22.4 Å². The van der Waals surface area contributed by atoms with Crippen LogP contribution in [0.3, 0.4) is 0 Å². The van der Waals surface area contributed by atoms with E-state index in [1.54, 1.807) is 66.7 Å². The molecule has 5 rings (SSSR count). The highest BCUT2D eigenvalue weighted by atomic mass is 32.2. The normalized spacial score (nSPS) is 14.2. The molecule has 222 valence electrons. The number of hydrogen-bond donors (Lipinski definition) is 3. The number of carboxylic acids is 1. The zero-order chi connectivity index (χ0) is 30.6. The molecule has 0 bridgehead atoms. The topological polar surface area (TPSA) is 125 Å². The lowest BCUT2D eigenvalue weighted by atomic mass is 10.0. The van der Waals surface area contributed by atoms with Crippen LogP contribution in [0.1, 0.15) is 17.5 Å². The van der Waals surface area contributed by atoms with Gasteiger partial charge in [0.15, 0.2) is 0 Å². The molecule has 4 aromatic carbocycles. The number of nitrogens with one attached hydrogen (secondary N) is 2. The fourth-order valence-electron chi connectivity index (χ4n) is 5.13. The fourth-order valence-corrected chi connectivity index (χ4v) is 6.78. The monoisotopic (exact) mass is 603 g/mol. The van der Waals surface area contributed by atoms with Gasteiger partial charge in [0.2, 0.25) is 5.91 Å². The summed E-state index contributed by atoms with van der Waals surface area (Å²) in [6, 6.07) is 23.5. The number of nitrogens with zero attached hydrogens (tertiary/aromatic N) is 1. The number of benzene rings is 4. The van der Waals surface area contributed by atoms with Gasteiger partial charge in [-0.1, -0.05) is 48.5 Å².